The first-order valence-electron chi connectivity index (χ1n) is 6.26. The SMILES string of the molecule is CNc1cc(NC2CCCC(C)C2)nc(N)n1. The number of rotatable bonds is 3. The summed E-state index contributed by atoms with van der Waals surface area (Å²) >= 11 is 0. The Morgan fingerprint density at radius 2 is 2.06 bits per heavy atom. The van der Waals surface area contributed by atoms with Crippen LogP contribution in [0.5, 0.6) is 0 Å². The van der Waals surface area contributed by atoms with Gasteiger partial charge >= 0.3 is 0 Å². The molecule has 0 saturated heterocycles. The number of hydrogen-bond donors (Lipinski definition) is 3. The number of nitrogens with one attached hydrogen (secondary N) is 2. The first-order chi connectivity index (χ1) is 8.17. The van der Waals surface area contributed by atoms with Gasteiger partial charge in [-0.15, -0.1) is 0 Å². The second kappa shape index (κ2) is 5.21. The molecule has 1 aliphatic carbocycles. The summed E-state index contributed by atoms with van der Waals surface area (Å²) in [6.45, 7) is 2.31. The lowest BCUT2D eigenvalue weighted by molar-refractivity contribution is 0.358. The Labute approximate surface area is 102 Å². The van der Waals surface area contributed by atoms with E-state index in [4.69, 9.17) is 5.73 Å². The highest BCUT2D eigenvalue weighted by atomic mass is 15.1. The molecule has 0 spiro atoms. The number of aromatic nitrogens is 2. The van der Waals surface area contributed by atoms with Crippen molar-refractivity contribution in [2.24, 2.45) is 5.92 Å². The second-order valence-electron chi connectivity index (χ2n) is 4.86. The Balaban J connectivity index is 2.04. The van der Waals surface area contributed by atoms with Crippen molar-refractivity contribution in [3.8, 4) is 0 Å². The normalized spacial score (nSPS) is 24.4. The average molecular weight is 235 g/mol. The topological polar surface area (TPSA) is 75.9 Å². The van der Waals surface area contributed by atoms with E-state index in [1.807, 2.05) is 13.1 Å². The summed E-state index contributed by atoms with van der Waals surface area (Å²) in [5, 5.41) is 6.44. The van der Waals surface area contributed by atoms with Crippen LogP contribution in [0.15, 0.2) is 6.07 Å². The van der Waals surface area contributed by atoms with Crippen LogP contribution in [-0.2, 0) is 0 Å². The minimum Gasteiger partial charge on any atom is -0.373 e. The van der Waals surface area contributed by atoms with Crippen molar-refractivity contribution >= 4 is 17.6 Å². The zero-order valence-electron chi connectivity index (χ0n) is 10.5. The molecule has 2 atom stereocenters. The van der Waals surface area contributed by atoms with E-state index in [1.165, 1.54) is 25.7 Å². The van der Waals surface area contributed by atoms with Gasteiger partial charge in [-0.25, -0.2) is 0 Å². The quantitative estimate of drug-likeness (QED) is 0.748. The van der Waals surface area contributed by atoms with Gasteiger partial charge in [0, 0.05) is 19.2 Å². The van der Waals surface area contributed by atoms with Gasteiger partial charge in [0.1, 0.15) is 11.6 Å². The molecule has 5 heteroatoms. The molecule has 1 aromatic heterocycles. The maximum Gasteiger partial charge on any atom is 0.223 e. The molecule has 1 saturated carbocycles. The predicted molar refractivity (Wildman–Crippen MR) is 71.0 cm³/mol. The summed E-state index contributed by atoms with van der Waals surface area (Å²) in [5.74, 6) is 2.68. The van der Waals surface area contributed by atoms with Gasteiger partial charge in [-0.3, -0.25) is 0 Å². The van der Waals surface area contributed by atoms with Crippen molar-refractivity contribution in [2.75, 3.05) is 23.4 Å². The Hall–Kier alpha value is -1.52. The number of nitrogen functional groups attached to an aromatic ring is 1. The van der Waals surface area contributed by atoms with Crippen molar-refractivity contribution in [3.63, 3.8) is 0 Å². The molecule has 0 aliphatic heterocycles. The Morgan fingerprint density at radius 3 is 2.76 bits per heavy atom. The summed E-state index contributed by atoms with van der Waals surface area (Å²) in [6, 6.07) is 2.41. The van der Waals surface area contributed by atoms with Crippen LogP contribution in [0.1, 0.15) is 32.6 Å². The lowest BCUT2D eigenvalue weighted by atomic mass is 9.87. The van der Waals surface area contributed by atoms with Crippen molar-refractivity contribution in [1.29, 1.82) is 0 Å². The smallest absolute Gasteiger partial charge is 0.223 e. The van der Waals surface area contributed by atoms with Crippen molar-refractivity contribution in [2.45, 2.75) is 38.6 Å². The Bertz CT molecular complexity index is 379. The fraction of sp³-hybridized carbons (Fsp3) is 0.667. The van der Waals surface area contributed by atoms with Gasteiger partial charge in [-0.05, 0) is 18.8 Å². The highest BCUT2D eigenvalue weighted by Gasteiger charge is 2.19. The molecule has 0 aromatic carbocycles. The van der Waals surface area contributed by atoms with Gasteiger partial charge in [-0.1, -0.05) is 19.8 Å². The molecular formula is C12H21N5. The maximum absolute atomic E-state index is 5.67. The van der Waals surface area contributed by atoms with E-state index in [0.717, 1.165) is 17.6 Å². The van der Waals surface area contributed by atoms with E-state index < -0.39 is 0 Å². The van der Waals surface area contributed by atoms with Crippen LogP contribution in [0.25, 0.3) is 0 Å². The third-order valence-electron chi connectivity index (χ3n) is 3.29. The molecular weight excluding hydrogens is 214 g/mol. The molecule has 17 heavy (non-hydrogen) atoms. The van der Waals surface area contributed by atoms with Gasteiger partial charge in [0.2, 0.25) is 5.95 Å². The molecule has 5 nitrogen and oxygen atoms in total. The minimum absolute atomic E-state index is 0.309. The fourth-order valence-corrected chi connectivity index (χ4v) is 2.44. The first-order valence-corrected chi connectivity index (χ1v) is 6.26. The van der Waals surface area contributed by atoms with Gasteiger partial charge < -0.3 is 16.4 Å². The zero-order valence-corrected chi connectivity index (χ0v) is 10.5. The van der Waals surface area contributed by atoms with Gasteiger partial charge in [0.25, 0.3) is 0 Å². The first kappa shape index (κ1) is 12.0. The lowest BCUT2D eigenvalue weighted by Gasteiger charge is -2.27. The number of nitrogens with zero attached hydrogens (tertiary/aromatic N) is 2. The minimum atomic E-state index is 0.309. The summed E-state index contributed by atoms with van der Waals surface area (Å²) in [7, 11) is 1.83. The maximum atomic E-state index is 5.67. The van der Waals surface area contributed by atoms with E-state index in [0.29, 0.717) is 12.0 Å². The highest BCUT2D eigenvalue weighted by Crippen LogP contribution is 2.26. The molecule has 1 aliphatic rings. The zero-order chi connectivity index (χ0) is 12.3. The van der Waals surface area contributed by atoms with Crippen LogP contribution in [0.4, 0.5) is 17.6 Å². The van der Waals surface area contributed by atoms with Crippen LogP contribution in [0.3, 0.4) is 0 Å². The molecule has 2 unspecified atom stereocenters. The molecule has 0 radical (unpaired) electrons. The summed E-state index contributed by atoms with van der Waals surface area (Å²) in [4.78, 5) is 8.29. The molecule has 2 rings (SSSR count). The van der Waals surface area contributed by atoms with Crippen molar-refractivity contribution in [1.82, 2.24) is 9.97 Å². The van der Waals surface area contributed by atoms with E-state index in [-0.39, 0.29) is 0 Å². The van der Waals surface area contributed by atoms with Crippen LogP contribution in [-0.4, -0.2) is 23.1 Å². The fourth-order valence-electron chi connectivity index (χ4n) is 2.44. The molecule has 4 N–H and O–H groups in total. The van der Waals surface area contributed by atoms with Crippen LogP contribution in [0, 0.1) is 5.92 Å². The number of anilines is 3. The monoisotopic (exact) mass is 235 g/mol. The highest BCUT2D eigenvalue weighted by molar-refractivity contribution is 5.51. The molecule has 0 bridgehead atoms. The van der Waals surface area contributed by atoms with E-state index in [9.17, 15) is 0 Å². The predicted octanol–water partition coefficient (Wildman–Crippen LogP) is 2.09. The van der Waals surface area contributed by atoms with E-state index in [1.54, 1.807) is 0 Å². The average Bonchev–Trinajstić information content (AvgIpc) is 2.28. The second-order valence-corrected chi connectivity index (χ2v) is 4.86. The van der Waals surface area contributed by atoms with E-state index in [2.05, 4.69) is 27.5 Å². The van der Waals surface area contributed by atoms with Crippen LogP contribution < -0.4 is 16.4 Å². The van der Waals surface area contributed by atoms with Gasteiger partial charge in [0.15, 0.2) is 0 Å². The molecule has 1 fully saturated rings. The van der Waals surface area contributed by atoms with Crippen molar-refractivity contribution < 1.29 is 0 Å². The third kappa shape index (κ3) is 3.22. The lowest BCUT2D eigenvalue weighted by Crippen LogP contribution is -2.26. The largest absolute Gasteiger partial charge is 0.373 e. The van der Waals surface area contributed by atoms with Gasteiger partial charge in [0.05, 0.1) is 0 Å². The Morgan fingerprint density at radius 1 is 1.29 bits per heavy atom. The summed E-state index contributed by atoms with van der Waals surface area (Å²) in [5.41, 5.74) is 5.67. The molecule has 0 amide bonds. The number of nitrogens with two attached hydrogens (primary N) is 1. The van der Waals surface area contributed by atoms with Crippen LogP contribution >= 0.6 is 0 Å². The molecule has 94 valence electrons. The molecule has 1 aromatic rings. The van der Waals surface area contributed by atoms with Crippen LogP contribution in [0.2, 0.25) is 0 Å². The Kier molecular flexibility index (Phi) is 3.66. The van der Waals surface area contributed by atoms with E-state index >= 15 is 0 Å². The third-order valence-corrected chi connectivity index (χ3v) is 3.29. The standard InChI is InChI=1S/C12H21N5/c1-8-4-3-5-9(6-8)15-11-7-10(14-2)16-12(13)17-11/h7-9H,3-6H2,1-2H3,(H4,13,14,15,16,17). The summed E-state index contributed by atoms with van der Waals surface area (Å²) in [6.07, 6.45) is 5.05. The molecule has 1 heterocycles. The summed E-state index contributed by atoms with van der Waals surface area (Å²) < 4.78 is 0. The van der Waals surface area contributed by atoms with Gasteiger partial charge in [-0.2, -0.15) is 9.97 Å². The number of hydrogen-bond acceptors (Lipinski definition) is 5. The van der Waals surface area contributed by atoms with Crippen molar-refractivity contribution in [3.05, 3.63) is 6.07 Å².